The van der Waals surface area contributed by atoms with Crippen molar-refractivity contribution in [1.29, 1.82) is 0 Å². The van der Waals surface area contributed by atoms with Gasteiger partial charge >= 0.3 is 0 Å². The van der Waals surface area contributed by atoms with Crippen molar-refractivity contribution in [1.82, 2.24) is 9.80 Å². The van der Waals surface area contributed by atoms with Crippen molar-refractivity contribution in [3.63, 3.8) is 0 Å². The van der Waals surface area contributed by atoms with Crippen molar-refractivity contribution in [2.45, 2.75) is 45.1 Å². The summed E-state index contributed by atoms with van der Waals surface area (Å²) >= 11 is 0. The van der Waals surface area contributed by atoms with Crippen LogP contribution in [0.25, 0.3) is 0 Å². The first kappa shape index (κ1) is 20.2. The predicted molar refractivity (Wildman–Crippen MR) is 108 cm³/mol. The molecule has 0 saturated carbocycles. The second-order valence-corrected chi connectivity index (χ2v) is 7.84. The lowest BCUT2D eigenvalue weighted by Crippen LogP contribution is -2.49. The molecular formula is C22H34N2O3. The molecule has 0 unspecified atom stereocenters. The Bertz CT molecular complexity index is 626. The number of Topliss-reactive ketones (excluding diaryl/α,β-unsaturated/α-hetero) is 1. The van der Waals surface area contributed by atoms with Crippen LogP contribution in [-0.4, -0.2) is 68.6 Å². The van der Waals surface area contributed by atoms with Crippen LogP contribution in [0.1, 0.15) is 49.4 Å². The maximum atomic E-state index is 13.2. The highest BCUT2D eigenvalue weighted by molar-refractivity contribution is 6.00. The van der Waals surface area contributed by atoms with Crippen LogP contribution >= 0.6 is 0 Å². The van der Waals surface area contributed by atoms with Crippen LogP contribution in [-0.2, 0) is 0 Å². The average Bonchev–Trinajstić information content (AvgIpc) is 2.73. The minimum atomic E-state index is 0.0646. The Morgan fingerprint density at radius 3 is 2.56 bits per heavy atom. The van der Waals surface area contributed by atoms with Gasteiger partial charge in [-0.3, -0.25) is 9.69 Å². The van der Waals surface area contributed by atoms with Crippen LogP contribution in [0.3, 0.4) is 0 Å². The van der Waals surface area contributed by atoms with Gasteiger partial charge in [0.15, 0.2) is 5.78 Å². The van der Waals surface area contributed by atoms with E-state index < -0.39 is 0 Å². The zero-order valence-corrected chi connectivity index (χ0v) is 17.1. The number of methoxy groups -OCH3 is 2. The van der Waals surface area contributed by atoms with E-state index >= 15 is 0 Å². The van der Waals surface area contributed by atoms with Gasteiger partial charge in [0.25, 0.3) is 0 Å². The van der Waals surface area contributed by atoms with Crippen LogP contribution in [0.15, 0.2) is 18.2 Å². The number of rotatable bonds is 7. The van der Waals surface area contributed by atoms with Crippen LogP contribution in [0.2, 0.25) is 0 Å². The van der Waals surface area contributed by atoms with Crippen molar-refractivity contribution in [2.24, 2.45) is 5.92 Å². The molecule has 5 nitrogen and oxygen atoms in total. The summed E-state index contributed by atoms with van der Waals surface area (Å²) in [5.74, 6) is 1.61. The largest absolute Gasteiger partial charge is 0.497 e. The number of hydrogen-bond acceptors (Lipinski definition) is 5. The van der Waals surface area contributed by atoms with E-state index in [1.54, 1.807) is 20.3 Å². The predicted octanol–water partition coefficient (Wildman–Crippen LogP) is 3.47. The van der Waals surface area contributed by atoms with Crippen molar-refractivity contribution in [3.8, 4) is 11.5 Å². The summed E-state index contributed by atoms with van der Waals surface area (Å²) in [7, 11) is 3.24. The number of ether oxygens (including phenoxy) is 2. The molecule has 1 atom stereocenters. The van der Waals surface area contributed by atoms with Crippen LogP contribution in [0.5, 0.6) is 11.5 Å². The molecule has 0 bridgehead atoms. The first-order chi connectivity index (χ1) is 13.2. The maximum Gasteiger partial charge on any atom is 0.170 e. The fraction of sp³-hybridized carbons (Fsp3) is 0.682. The van der Waals surface area contributed by atoms with E-state index in [1.807, 2.05) is 12.1 Å². The molecule has 2 saturated heterocycles. The number of likely N-dealkylation sites (tertiary alicyclic amines) is 2. The van der Waals surface area contributed by atoms with E-state index in [2.05, 4.69) is 16.7 Å². The van der Waals surface area contributed by atoms with Crippen LogP contribution < -0.4 is 9.47 Å². The molecule has 150 valence electrons. The fourth-order valence-corrected chi connectivity index (χ4v) is 4.60. The SMILES string of the molecule is CCCN1CCC(N2CCC[C@@H](C(=O)c3ccc(OC)cc3OC)C2)CC1. The molecule has 2 fully saturated rings. The molecule has 0 N–H and O–H groups in total. The Labute approximate surface area is 163 Å². The van der Waals surface area contributed by atoms with Crippen LogP contribution in [0, 0.1) is 5.92 Å². The molecule has 0 radical (unpaired) electrons. The Balaban J connectivity index is 1.63. The Kier molecular flexibility index (Phi) is 7.13. The quantitative estimate of drug-likeness (QED) is 0.684. The molecule has 3 rings (SSSR count). The van der Waals surface area contributed by atoms with Gasteiger partial charge in [-0.1, -0.05) is 6.92 Å². The lowest BCUT2D eigenvalue weighted by molar-refractivity contribution is 0.0595. The number of nitrogens with zero attached hydrogens (tertiary/aromatic N) is 2. The Morgan fingerprint density at radius 1 is 1.11 bits per heavy atom. The lowest BCUT2D eigenvalue weighted by Gasteiger charge is -2.42. The van der Waals surface area contributed by atoms with Crippen molar-refractivity contribution in [3.05, 3.63) is 23.8 Å². The molecule has 1 aromatic carbocycles. The number of piperidine rings is 2. The van der Waals surface area contributed by atoms with E-state index in [4.69, 9.17) is 9.47 Å². The standard InChI is InChI=1S/C22H34N2O3/c1-4-11-23-13-9-18(10-14-23)24-12-5-6-17(16-24)22(25)20-8-7-19(26-2)15-21(20)27-3/h7-8,15,17-18H,4-6,9-14,16H2,1-3H3/t17-/m1/s1. The number of carbonyl (C=O) groups is 1. The molecule has 0 spiro atoms. The van der Waals surface area contributed by atoms with Gasteiger partial charge in [0.05, 0.1) is 19.8 Å². The third-order valence-corrected chi connectivity index (χ3v) is 6.11. The van der Waals surface area contributed by atoms with Gasteiger partial charge in [-0.25, -0.2) is 0 Å². The smallest absolute Gasteiger partial charge is 0.170 e. The monoisotopic (exact) mass is 374 g/mol. The highest BCUT2D eigenvalue weighted by atomic mass is 16.5. The summed E-state index contributed by atoms with van der Waals surface area (Å²) in [5.41, 5.74) is 0.683. The molecule has 1 aromatic rings. The Morgan fingerprint density at radius 2 is 1.89 bits per heavy atom. The van der Waals surface area contributed by atoms with Gasteiger partial charge < -0.3 is 14.4 Å². The summed E-state index contributed by atoms with van der Waals surface area (Å²) in [6, 6.07) is 6.13. The zero-order valence-electron chi connectivity index (χ0n) is 17.1. The third kappa shape index (κ3) is 4.82. The van der Waals surface area contributed by atoms with E-state index in [9.17, 15) is 4.79 Å². The van der Waals surface area contributed by atoms with Gasteiger partial charge in [-0.15, -0.1) is 0 Å². The minimum absolute atomic E-state index is 0.0646. The van der Waals surface area contributed by atoms with Gasteiger partial charge in [-0.2, -0.15) is 0 Å². The van der Waals surface area contributed by atoms with Crippen molar-refractivity contribution >= 4 is 5.78 Å². The van der Waals surface area contributed by atoms with E-state index in [-0.39, 0.29) is 11.7 Å². The van der Waals surface area contributed by atoms with Gasteiger partial charge in [-0.05, 0) is 70.4 Å². The number of carbonyl (C=O) groups excluding carboxylic acids is 1. The minimum Gasteiger partial charge on any atom is -0.497 e. The number of hydrogen-bond donors (Lipinski definition) is 0. The van der Waals surface area contributed by atoms with Crippen LogP contribution in [0.4, 0.5) is 0 Å². The average molecular weight is 375 g/mol. The molecule has 0 aliphatic carbocycles. The highest BCUT2D eigenvalue weighted by Crippen LogP contribution is 2.31. The summed E-state index contributed by atoms with van der Waals surface area (Å²) in [5, 5.41) is 0. The summed E-state index contributed by atoms with van der Waals surface area (Å²) in [4.78, 5) is 18.3. The van der Waals surface area contributed by atoms with E-state index in [0.717, 1.165) is 25.9 Å². The van der Waals surface area contributed by atoms with Gasteiger partial charge in [0.2, 0.25) is 0 Å². The normalized spacial score (nSPS) is 22.6. The molecular weight excluding hydrogens is 340 g/mol. The molecule has 2 aliphatic rings. The van der Waals surface area contributed by atoms with Crippen molar-refractivity contribution < 1.29 is 14.3 Å². The van der Waals surface area contributed by atoms with E-state index in [1.165, 1.54) is 38.9 Å². The molecule has 27 heavy (non-hydrogen) atoms. The first-order valence-corrected chi connectivity index (χ1v) is 10.4. The summed E-state index contributed by atoms with van der Waals surface area (Å²) < 4.78 is 10.7. The van der Waals surface area contributed by atoms with E-state index in [0.29, 0.717) is 23.1 Å². The molecule has 5 heteroatoms. The number of ketones is 1. The highest BCUT2D eigenvalue weighted by Gasteiger charge is 2.32. The summed E-state index contributed by atoms with van der Waals surface area (Å²) in [6.45, 7) is 7.86. The zero-order chi connectivity index (χ0) is 19.2. The molecule has 0 aromatic heterocycles. The second kappa shape index (κ2) is 9.56. The topological polar surface area (TPSA) is 42.0 Å². The first-order valence-electron chi connectivity index (χ1n) is 10.4. The maximum absolute atomic E-state index is 13.2. The second-order valence-electron chi connectivity index (χ2n) is 7.84. The van der Waals surface area contributed by atoms with Crippen molar-refractivity contribution in [2.75, 3.05) is 46.9 Å². The Hall–Kier alpha value is -1.59. The molecule has 2 aliphatic heterocycles. The third-order valence-electron chi connectivity index (χ3n) is 6.11. The molecule has 2 heterocycles. The van der Waals surface area contributed by atoms with Gasteiger partial charge in [0.1, 0.15) is 11.5 Å². The lowest BCUT2D eigenvalue weighted by atomic mass is 9.88. The van der Waals surface area contributed by atoms with Gasteiger partial charge in [0, 0.05) is 24.6 Å². The molecule has 0 amide bonds. The fourth-order valence-electron chi connectivity index (χ4n) is 4.60. The number of benzene rings is 1. The summed E-state index contributed by atoms with van der Waals surface area (Å²) in [6.07, 6.45) is 5.76.